The maximum absolute atomic E-state index is 12.8. The predicted octanol–water partition coefficient (Wildman–Crippen LogP) is 1.11. The van der Waals surface area contributed by atoms with E-state index in [-0.39, 0.29) is 47.6 Å². The van der Waals surface area contributed by atoms with Crippen LogP contribution >= 0.6 is 0 Å². The number of ketones is 2. The largest absolute Gasteiger partial charge is 0.508 e. The van der Waals surface area contributed by atoms with Gasteiger partial charge in [-0.1, -0.05) is 12.1 Å². The summed E-state index contributed by atoms with van der Waals surface area (Å²) in [5.41, 5.74) is 12.1. The Hall–Kier alpha value is -4.02. The van der Waals surface area contributed by atoms with Crippen molar-refractivity contribution in [3.8, 4) is 11.5 Å². The SMILES string of the molecule is CCOC(=O)C(N)Cc1ccc(O)cc1C(=O)/C=C/C(=O)c1cc(O)ccc1CC(N)C(=O)O. The van der Waals surface area contributed by atoms with Gasteiger partial charge in [0.15, 0.2) is 11.6 Å². The molecule has 0 fully saturated rings. The van der Waals surface area contributed by atoms with E-state index in [4.69, 9.17) is 21.3 Å². The molecule has 0 radical (unpaired) electrons. The van der Waals surface area contributed by atoms with Gasteiger partial charge in [0.25, 0.3) is 0 Å². The molecule has 0 aliphatic heterocycles. The van der Waals surface area contributed by atoms with Gasteiger partial charge < -0.3 is 31.5 Å². The van der Waals surface area contributed by atoms with Crippen molar-refractivity contribution in [3.05, 3.63) is 70.8 Å². The molecule has 7 N–H and O–H groups in total. The topological polar surface area (TPSA) is 190 Å². The van der Waals surface area contributed by atoms with E-state index in [9.17, 15) is 29.4 Å². The van der Waals surface area contributed by atoms with Crippen molar-refractivity contribution in [3.63, 3.8) is 0 Å². The lowest BCUT2D eigenvalue weighted by Gasteiger charge is -2.13. The molecular formula is C24H26N2O8. The molecule has 2 aromatic carbocycles. The van der Waals surface area contributed by atoms with E-state index in [1.54, 1.807) is 6.92 Å². The molecule has 10 heteroatoms. The average molecular weight is 470 g/mol. The smallest absolute Gasteiger partial charge is 0.323 e. The number of carbonyl (C=O) groups is 4. The molecule has 0 saturated heterocycles. The Bertz CT molecular complexity index is 1130. The van der Waals surface area contributed by atoms with Gasteiger partial charge in [-0.3, -0.25) is 19.2 Å². The van der Waals surface area contributed by atoms with Crippen LogP contribution in [0.2, 0.25) is 0 Å². The van der Waals surface area contributed by atoms with E-state index >= 15 is 0 Å². The summed E-state index contributed by atoms with van der Waals surface area (Å²) in [4.78, 5) is 48.4. The Morgan fingerprint density at radius 1 is 0.853 bits per heavy atom. The Balaban J connectivity index is 2.29. The van der Waals surface area contributed by atoms with Crippen LogP contribution in [0, 0.1) is 0 Å². The highest BCUT2D eigenvalue weighted by Crippen LogP contribution is 2.21. The Labute approximate surface area is 195 Å². The number of aliphatic carboxylic acids is 1. The number of carbonyl (C=O) groups excluding carboxylic acids is 3. The lowest BCUT2D eigenvalue weighted by molar-refractivity contribution is -0.144. The zero-order valence-electron chi connectivity index (χ0n) is 18.4. The molecular weight excluding hydrogens is 444 g/mol. The van der Waals surface area contributed by atoms with Crippen LogP contribution in [0.5, 0.6) is 11.5 Å². The minimum absolute atomic E-state index is 0.0128. The number of carboxylic acids is 1. The third kappa shape index (κ3) is 6.99. The summed E-state index contributed by atoms with van der Waals surface area (Å²) >= 11 is 0. The Morgan fingerprint density at radius 3 is 1.71 bits per heavy atom. The number of hydrogen-bond donors (Lipinski definition) is 5. The molecule has 0 aromatic heterocycles. The van der Waals surface area contributed by atoms with E-state index in [1.807, 2.05) is 0 Å². The van der Waals surface area contributed by atoms with Crippen molar-refractivity contribution >= 4 is 23.5 Å². The molecule has 180 valence electrons. The van der Waals surface area contributed by atoms with E-state index in [2.05, 4.69) is 0 Å². The Kier molecular flexibility index (Phi) is 9.05. The predicted molar refractivity (Wildman–Crippen MR) is 122 cm³/mol. The number of nitrogens with two attached hydrogens (primary N) is 2. The fourth-order valence-electron chi connectivity index (χ4n) is 3.17. The van der Waals surface area contributed by atoms with Gasteiger partial charge in [0.2, 0.25) is 0 Å². The third-order valence-corrected chi connectivity index (χ3v) is 4.89. The fourth-order valence-corrected chi connectivity index (χ4v) is 3.17. The maximum Gasteiger partial charge on any atom is 0.323 e. The quantitative estimate of drug-likeness (QED) is 0.181. The first-order chi connectivity index (χ1) is 16.0. The molecule has 2 atom stereocenters. The van der Waals surface area contributed by atoms with E-state index < -0.39 is 35.6 Å². The standard InChI is InChI=1S/C24H26N2O8/c1-2-34-24(33)20(26)10-14-4-6-16(28)12-18(14)22(30)8-7-21(29)17-11-15(27)5-3-13(17)9-19(25)23(31)32/h3-8,11-12,19-20,27-28H,2,9-10,25-26H2,1H3,(H,31,32)/b8-7+. The highest BCUT2D eigenvalue weighted by molar-refractivity contribution is 6.13. The number of aromatic hydroxyl groups is 2. The van der Waals surface area contributed by atoms with Crippen LogP contribution in [0.25, 0.3) is 0 Å². The van der Waals surface area contributed by atoms with Crippen molar-refractivity contribution in [1.29, 1.82) is 0 Å². The normalized spacial score (nSPS) is 12.8. The minimum atomic E-state index is -1.26. The lowest BCUT2D eigenvalue weighted by atomic mass is 9.95. The van der Waals surface area contributed by atoms with Crippen LogP contribution in [0.1, 0.15) is 38.8 Å². The monoisotopic (exact) mass is 470 g/mol. The zero-order valence-corrected chi connectivity index (χ0v) is 18.4. The van der Waals surface area contributed by atoms with Gasteiger partial charge in [0.1, 0.15) is 23.6 Å². The third-order valence-electron chi connectivity index (χ3n) is 4.89. The summed E-state index contributed by atoms with van der Waals surface area (Å²) in [6, 6.07) is 5.50. The molecule has 2 aromatic rings. The number of allylic oxidation sites excluding steroid dienone is 2. The number of esters is 1. The summed E-state index contributed by atoms with van der Waals surface area (Å²) < 4.78 is 4.87. The van der Waals surface area contributed by atoms with Gasteiger partial charge in [-0.05, 0) is 67.3 Å². The molecule has 0 aliphatic carbocycles. The minimum Gasteiger partial charge on any atom is -0.508 e. The van der Waals surface area contributed by atoms with Crippen LogP contribution in [-0.2, 0) is 27.2 Å². The fraction of sp³-hybridized carbons (Fsp3) is 0.250. The number of rotatable bonds is 11. The van der Waals surface area contributed by atoms with Crippen LogP contribution in [0.4, 0.5) is 0 Å². The van der Waals surface area contributed by atoms with Crippen LogP contribution in [0.15, 0.2) is 48.6 Å². The lowest BCUT2D eigenvalue weighted by Crippen LogP contribution is -2.34. The van der Waals surface area contributed by atoms with Crippen molar-refractivity contribution in [2.75, 3.05) is 6.61 Å². The van der Waals surface area contributed by atoms with Crippen molar-refractivity contribution in [1.82, 2.24) is 0 Å². The molecule has 0 spiro atoms. The van der Waals surface area contributed by atoms with Gasteiger partial charge in [-0.15, -0.1) is 0 Å². The number of phenolic OH excluding ortho intramolecular Hbond substituents is 2. The second-order valence-corrected chi connectivity index (χ2v) is 7.46. The van der Waals surface area contributed by atoms with Gasteiger partial charge in [0.05, 0.1) is 6.61 Å². The van der Waals surface area contributed by atoms with Gasteiger partial charge >= 0.3 is 11.9 Å². The molecule has 0 aliphatic rings. The number of carboxylic acid groups (broad SMARTS) is 1. The molecule has 0 saturated carbocycles. The number of hydrogen-bond acceptors (Lipinski definition) is 9. The molecule has 34 heavy (non-hydrogen) atoms. The van der Waals surface area contributed by atoms with Gasteiger partial charge in [-0.2, -0.15) is 0 Å². The van der Waals surface area contributed by atoms with E-state index in [1.165, 1.54) is 30.3 Å². The first-order valence-electron chi connectivity index (χ1n) is 10.3. The van der Waals surface area contributed by atoms with Gasteiger partial charge in [-0.25, -0.2) is 0 Å². The average Bonchev–Trinajstić information content (AvgIpc) is 2.79. The first-order valence-corrected chi connectivity index (χ1v) is 10.3. The number of ether oxygens (including phenoxy) is 1. The van der Waals surface area contributed by atoms with Crippen molar-refractivity contribution in [2.24, 2.45) is 11.5 Å². The van der Waals surface area contributed by atoms with Crippen LogP contribution in [-0.4, -0.2) is 57.5 Å². The summed E-state index contributed by atoms with van der Waals surface area (Å²) in [5.74, 6) is -3.63. The second-order valence-electron chi connectivity index (χ2n) is 7.46. The Morgan fingerprint density at radius 2 is 1.29 bits per heavy atom. The van der Waals surface area contributed by atoms with Crippen LogP contribution < -0.4 is 11.5 Å². The van der Waals surface area contributed by atoms with E-state index in [0.29, 0.717) is 5.56 Å². The zero-order chi connectivity index (χ0) is 25.4. The molecule has 2 unspecified atom stereocenters. The number of phenols is 2. The molecule has 0 amide bonds. The highest BCUT2D eigenvalue weighted by atomic mass is 16.5. The molecule has 0 heterocycles. The maximum atomic E-state index is 12.8. The molecule has 2 rings (SSSR count). The summed E-state index contributed by atoms with van der Waals surface area (Å²) in [5, 5.41) is 28.6. The second kappa shape index (κ2) is 11.7. The van der Waals surface area contributed by atoms with Gasteiger partial charge in [0, 0.05) is 11.1 Å². The molecule has 10 nitrogen and oxygen atoms in total. The summed E-state index contributed by atoms with van der Waals surface area (Å²) in [6.45, 7) is 1.78. The van der Waals surface area contributed by atoms with Crippen LogP contribution in [0.3, 0.4) is 0 Å². The number of benzene rings is 2. The summed E-state index contributed by atoms with van der Waals surface area (Å²) in [7, 11) is 0. The highest BCUT2D eigenvalue weighted by Gasteiger charge is 2.20. The van der Waals surface area contributed by atoms with Crippen molar-refractivity contribution in [2.45, 2.75) is 31.8 Å². The molecule has 0 bridgehead atoms. The first kappa shape index (κ1) is 26.2. The van der Waals surface area contributed by atoms with E-state index in [0.717, 1.165) is 18.2 Å². The summed E-state index contributed by atoms with van der Waals surface area (Å²) in [6.07, 6.45) is 1.74. The van der Waals surface area contributed by atoms with Crippen molar-refractivity contribution < 1.29 is 39.2 Å².